The van der Waals surface area contributed by atoms with Crippen molar-refractivity contribution in [2.75, 3.05) is 11.1 Å². The van der Waals surface area contributed by atoms with Crippen molar-refractivity contribution < 1.29 is 4.79 Å². The van der Waals surface area contributed by atoms with Gasteiger partial charge in [0.25, 0.3) is 0 Å². The Morgan fingerprint density at radius 1 is 1.14 bits per heavy atom. The van der Waals surface area contributed by atoms with Crippen LogP contribution in [-0.2, 0) is 4.79 Å². The number of aryl methyl sites for hydroxylation is 2. The Bertz CT molecular complexity index is 803. The van der Waals surface area contributed by atoms with E-state index in [1.807, 2.05) is 50.4 Å². The SMILES string of the molecule is Cc1cc(C)cc(NC(=O)CSc2c[nH]c3ccccc23)c1. The van der Waals surface area contributed by atoms with Gasteiger partial charge in [-0.3, -0.25) is 4.79 Å². The van der Waals surface area contributed by atoms with Crippen molar-refractivity contribution in [1.82, 2.24) is 4.98 Å². The number of anilines is 1. The van der Waals surface area contributed by atoms with E-state index in [1.165, 1.54) is 0 Å². The van der Waals surface area contributed by atoms with E-state index in [1.54, 1.807) is 11.8 Å². The van der Waals surface area contributed by atoms with Crippen LogP contribution in [0.2, 0.25) is 0 Å². The van der Waals surface area contributed by atoms with Crippen molar-refractivity contribution >= 4 is 34.3 Å². The van der Waals surface area contributed by atoms with Crippen LogP contribution in [0.5, 0.6) is 0 Å². The van der Waals surface area contributed by atoms with Crippen LogP contribution in [0.3, 0.4) is 0 Å². The van der Waals surface area contributed by atoms with Crippen LogP contribution in [0.25, 0.3) is 10.9 Å². The maximum Gasteiger partial charge on any atom is 0.234 e. The van der Waals surface area contributed by atoms with E-state index in [9.17, 15) is 4.79 Å². The van der Waals surface area contributed by atoms with Gasteiger partial charge in [0.2, 0.25) is 5.91 Å². The number of hydrogen-bond donors (Lipinski definition) is 2. The molecule has 0 aliphatic rings. The average Bonchev–Trinajstić information content (AvgIpc) is 2.87. The molecule has 112 valence electrons. The van der Waals surface area contributed by atoms with E-state index in [4.69, 9.17) is 0 Å². The van der Waals surface area contributed by atoms with Gasteiger partial charge >= 0.3 is 0 Å². The van der Waals surface area contributed by atoms with Gasteiger partial charge in [0.1, 0.15) is 0 Å². The van der Waals surface area contributed by atoms with Gasteiger partial charge in [-0.2, -0.15) is 0 Å². The lowest BCUT2D eigenvalue weighted by Crippen LogP contribution is -2.14. The van der Waals surface area contributed by atoms with Gasteiger partial charge in [0.05, 0.1) is 5.75 Å². The normalized spacial score (nSPS) is 10.8. The van der Waals surface area contributed by atoms with Crippen molar-refractivity contribution in [3.8, 4) is 0 Å². The predicted octanol–water partition coefficient (Wildman–Crippen LogP) is 4.52. The Balaban J connectivity index is 1.65. The number of para-hydroxylation sites is 1. The number of benzene rings is 2. The quantitative estimate of drug-likeness (QED) is 0.696. The Labute approximate surface area is 134 Å². The highest BCUT2D eigenvalue weighted by Gasteiger charge is 2.08. The van der Waals surface area contributed by atoms with Gasteiger partial charge < -0.3 is 10.3 Å². The average molecular weight is 310 g/mol. The molecule has 0 spiro atoms. The summed E-state index contributed by atoms with van der Waals surface area (Å²) in [6.07, 6.45) is 1.96. The molecular weight excluding hydrogens is 292 g/mol. The molecule has 0 saturated carbocycles. The summed E-state index contributed by atoms with van der Waals surface area (Å²) >= 11 is 1.55. The van der Waals surface area contributed by atoms with E-state index < -0.39 is 0 Å². The lowest BCUT2D eigenvalue weighted by molar-refractivity contribution is -0.113. The molecule has 0 radical (unpaired) electrons. The number of aromatic nitrogens is 1. The van der Waals surface area contributed by atoms with Gasteiger partial charge in [0.15, 0.2) is 0 Å². The summed E-state index contributed by atoms with van der Waals surface area (Å²) in [5, 5.41) is 4.12. The van der Waals surface area contributed by atoms with Crippen LogP contribution in [0, 0.1) is 13.8 Å². The summed E-state index contributed by atoms with van der Waals surface area (Å²) in [5.74, 6) is 0.412. The van der Waals surface area contributed by atoms with E-state index in [2.05, 4.69) is 22.4 Å². The Kier molecular flexibility index (Phi) is 4.20. The molecule has 0 unspecified atom stereocenters. The fraction of sp³-hybridized carbons (Fsp3) is 0.167. The fourth-order valence-electron chi connectivity index (χ4n) is 2.55. The number of rotatable bonds is 4. The van der Waals surface area contributed by atoms with Crippen LogP contribution in [0.15, 0.2) is 53.6 Å². The largest absolute Gasteiger partial charge is 0.360 e. The number of carbonyl (C=O) groups is 1. The third-order valence-electron chi connectivity index (χ3n) is 3.42. The number of hydrogen-bond acceptors (Lipinski definition) is 2. The first kappa shape index (κ1) is 14.7. The standard InChI is InChI=1S/C18H18N2OS/c1-12-7-13(2)9-14(8-12)20-18(21)11-22-17-10-19-16-6-4-3-5-15(16)17/h3-10,19H,11H2,1-2H3,(H,20,21). The highest BCUT2D eigenvalue weighted by Crippen LogP contribution is 2.27. The summed E-state index contributed by atoms with van der Waals surface area (Å²) in [4.78, 5) is 16.5. The topological polar surface area (TPSA) is 44.9 Å². The van der Waals surface area contributed by atoms with Crippen molar-refractivity contribution in [3.63, 3.8) is 0 Å². The van der Waals surface area contributed by atoms with E-state index in [-0.39, 0.29) is 5.91 Å². The maximum absolute atomic E-state index is 12.1. The molecule has 1 amide bonds. The number of carbonyl (C=O) groups excluding carboxylic acids is 1. The Morgan fingerprint density at radius 3 is 2.64 bits per heavy atom. The summed E-state index contributed by atoms with van der Waals surface area (Å²) in [6, 6.07) is 14.2. The maximum atomic E-state index is 12.1. The molecule has 3 rings (SSSR count). The van der Waals surface area contributed by atoms with E-state index in [0.29, 0.717) is 5.75 Å². The van der Waals surface area contributed by atoms with Crippen LogP contribution in [-0.4, -0.2) is 16.6 Å². The van der Waals surface area contributed by atoms with E-state index in [0.717, 1.165) is 32.6 Å². The lowest BCUT2D eigenvalue weighted by atomic mass is 10.1. The number of nitrogens with one attached hydrogen (secondary N) is 2. The third kappa shape index (κ3) is 3.34. The van der Waals surface area contributed by atoms with Gasteiger partial charge in [-0.15, -0.1) is 11.8 Å². The number of aromatic amines is 1. The summed E-state index contributed by atoms with van der Waals surface area (Å²) in [6.45, 7) is 4.06. The molecule has 22 heavy (non-hydrogen) atoms. The molecule has 0 aliphatic heterocycles. The number of H-pyrrole nitrogens is 1. The second-order valence-electron chi connectivity index (χ2n) is 5.41. The lowest BCUT2D eigenvalue weighted by Gasteiger charge is -2.07. The number of fused-ring (bicyclic) bond motifs is 1. The minimum absolute atomic E-state index is 0.0141. The molecule has 0 atom stereocenters. The van der Waals surface area contributed by atoms with Gasteiger partial charge in [-0.05, 0) is 43.2 Å². The van der Waals surface area contributed by atoms with Crippen molar-refractivity contribution in [2.24, 2.45) is 0 Å². The molecule has 4 heteroatoms. The fourth-order valence-corrected chi connectivity index (χ4v) is 3.39. The van der Waals surface area contributed by atoms with Crippen LogP contribution in [0.1, 0.15) is 11.1 Å². The molecule has 0 aliphatic carbocycles. The second-order valence-corrected chi connectivity index (χ2v) is 6.43. The first-order valence-electron chi connectivity index (χ1n) is 7.19. The summed E-state index contributed by atoms with van der Waals surface area (Å²) in [5.41, 5.74) is 4.26. The minimum Gasteiger partial charge on any atom is -0.360 e. The zero-order valence-corrected chi connectivity index (χ0v) is 13.5. The van der Waals surface area contributed by atoms with Gasteiger partial charge in [0, 0.05) is 27.7 Å². The monoisotopic (exact) mass is 310 g/mol. The second kappa shape index (κ2) is 6.28. The molecule has 2 aromatic carbocycles. The summed E-state index contributed by atoms with van der Waals surface area (Å²) < 4.78 is 0. The third-order valence-corrected chi connectivity index (χ3v) is 4.47. The number of amides is 1. The molecule has 2 N–H and O–H groups in total. The molecule has 1 aromatic heterocycles. The first-order chi connectivity index (χ1) is 10.6. The molecule has 0 fully saturated rings. The molecule has 0 saturated heterocycles. The Morgan fingerprint density at radius 2 is 1.86 bits per heavy atom. The highest BCUT2D eigenvalue weighted by atomic mass is 32.2. The molecule has 0 bridgehead atoms. The minimum atomic E-state index is 0.0141. The van der Waals surface area contributed by atoms with Gasteiger partial charge in [-0.25, -0.2) is 0 Å². The molecule has 3 nitrogen and oxygen atoms in total. The summed E-state index contributed by atoms with van der Waals surface area (Å²) in [7, 11) is 0. The first-order valence-corrected chi connectivity index (χ1v) is 8.17. The predicted molar refractivity (Wildman–Crippen MR) is 93.6 cm³/mol. The smallest absolute Gasteiger partial charge is 0.234 e. The van der Waals surface area contributed by atoms with Crippen LogP contribution in [0.4, 0.5) is 5.69 Å². The zero-order valence-electron chi connectivity index (χ0n) is 12.6. The molecule has 1 heterocycles. The van der Waals surface area contributed by atoms with E-state index >= 15 is 0 Å². The van der Waals surface area contributed by atoms with Crippen LogP contribution >= 0.6 is 11.8 Å². The molecule has 3 aromatic rings. The number of thioether (sulfide) groups is 1. The Hall–Kier alpha value is -2.20. The van der Waals surface area contributed by atoms with Crippen LogP contribution < -0.4 is 5.32 Å². The van der Waals surface area contributed by atoms with Crippen molar-refractivity contribution in [2.45, 2.75) is 18.7 Å². The highest BCUT2D eigenvalue weighted by molar-refractivity contribution is 8.00. The van der Waals surface area contributed by atoms with Gasteiger partial charge in [-0.1, -0.05) is 24.3 Å². The van der Waals surface area contributed by atoms with Crippen molar-refractivity contribution in [1.29, 1.82) is 0 Å². The van der Waals surface area contributed by atoms with Crippen molar-refractivity contribution in [3.05, 3.63) is 59.8 Å². The zero-order chi connectivity index (χ0) is 15.5. The molecular formula is C18H18N2OS.